The number of hydrogen-bond acceptors (Lipinski definition) is 7. The van der Waals surface area contributed by atoms with Gasteiger partial charge in [0.05, 0.1) is 53.2 Å². The zero-order chi connectivity index (χ0) is 27.9. The molecule has 9 heteroatoms. The molecule has 1 heterocycles. The number of carbonyl (C=O) groups excluding carboxylic acids is 2. The minimum Gasteiger partial charge on any atom is -0.497 e. The number of anilines is 1. The van der Waals surface area contributed by atoms with Gasteiger partial charge in [0.2, 0.25) is 17.6 Å². The minimum atomic E-state index is -0.586. The number of nitrogens with one attached hydrogen (secondary N) is 1. The highest BCUT2D eigenvalue weighted by Crippen LogP contribution is 2.46. The van der Waals surface area contributed by atoms with Crippen molar-refractivity contribution in [2.75, 3.05) is 40.4 Å². The molecule has 0 bridgehead atoms. The van der Waals surface area contributed by atoms with Gasteiger partial charge in [-0.25, -0.2) is 0 Å². The molecule has 0 aromatic heterocycles. The molecular weight excluding hydrogens is 500 g/mol. The zero-order valence-electron chi connectivity index (χ0n) is 22.9. The van der Waals surface area contributed by atoms with Crippen molar-refractivity contribution in [3.63, 3.8) is 0 Å². The van der Waals surface area contributed by atoms with E-state index in [0.717, 1.165) is 11.1 Å². The van der Waals surface area contributed by atoms with Crippen LogP contribution in [0.4, 0.5) is 5.69 Å². The van der Waals surface area contributed by atoms with E-state index in [1.54, 1.807) is 31.3 Å². The van der Waals surface area contributed by atoms with Crippen LogP contribution in [0.1, 0.15) is 30.0 Å². The van der Waals surface area contributed by atoms with E-state index in [1.165, 1.54) is 21.3 Å². The van der Waals surface area contributed by atoms with Gasteiger partial charge in [-0.3, -0.25) is 9.59 Å². The second kappa shape index (κ2) is 12.4. The highest BCUT2D eigenvalue weighted by Gasteiger charge is 2.42. The van der Waals surface area contributed by atoms with Crippen molar-refractivity contribution in [1.29, 1.82) is 0 Å². The second-order valence-corrected chi connectivity index (χ2v) is 9.04. The number of carbonyl (C=O) groups is 2. The maximum absolute atomic E-state index is 13.7. The smallest absolute Gasteiger partial charge is 0.227 e. The van der Waals surface area contributed by atoms with Crippen molar-refractivity contribution >= 4 is 17.5 Å². The largest absolute Gasteiger partial charge is 0.497 e. The van der Waals surface area contributed by atoms with Crippen LogP contribution in [0.15, 0.2) is 60.7 Å². The van der Waals surface area contributed by atoms with Gasteiger partial charge in [-0.15, -0.1) is 0 Å². The third-order valence-electron chi connectivity index (χ3n) is 6.96. The highest BCUT2D eigenvalue weighted by molar-refractivity contribution is 5.98. The Morgan fingerprint density at radius 2 is 1.49 bits per heavy atom. The van der Waals surface area contributed by atoms with Gasteiger partial charge in [0.1, 0.15) is 11.5 Å². The zero-order valence-corrected chi connectivity index (χ0v) is 22.9. The summed E-state index contributed by atoms with van der Waals surface area (Å²) in [5.74, 6) is 1.82. The summed E-state index contributed by atoms with van der Waals surface area (Å²) in [6.07, 6.45) is 0.601. The molecule has 1 aliphatic rings. The molecule has 2 atom stereocenters. The summed E-state index contributed by atoms with van der Waals surface area (Å²) < 4.78 is 27.4. The number of methoxy groups -OCH3 is 5. The molecule has 9 nitrogen and oxygen atoms in total. The third-order valence-corrected chi connectivity index (χ3v) is 6.96. The lowest BCUT2D eigenvalue weighted by Crippen LogP contribution is -2.48. The van der Waals surface area contributed by atoms with Gasteiger partial charge in [-0.2, -0.15) is 0 Å². The summed E-state index contributed by atoms with van der Waals surface area (Å²) in [7, 11) is 7.76. The first kappa shape index (κ1) is 27.6. The average molecular weight is 535 g/mol. The summed E-state index contributed by atoms with van der Waals surface area (Å²) >= 11 is 0. The van der Waals surface area contributed by atoms with E-state index in [-0.39, 0.29) is 18.2 Å². The molecule has 0 unspecified atom stereocenters. The Hall–Kier alpha value is -4.40. The number of nitrogens with zero attached hydrogens (tertiary/aromatic N) is 1. The quantitative estimate of drug-likeness (QED) is 0.408. The number of para-hydroxylation sites is 1. The van der Waals surface area contributed by atoms with Crippen LogP contribution in [0.25, 0.3) is 0 Å². The summed E-state index contributed by atoms with van der Waals surface area (Å²) in [4.78, 5) is 28.9. The van der Waals surface area contributed by atoms with Gasteiger partial charge in [0, 0.05) is 30.7 Å². The van der Waals surface area contributed by atoms with Gasteiger partial charge in [-0.05, 0) is 30.2 Å². The van der Waals surface area contributed by atoms with Gasteiger partial charge < -0.3 is 33.9 Å². The normalized spacial score (nSPS) is 16.8. The maximum atomic E-state index is 13.7. The molecule has 0 radical (unpaired) electrons. The maximum Gasteiger partial charge on any atom is 0.227 e. The lowest BCUT2D eigenvalue weighted by molar-refractivity contribution is -0.129. The number of benzene rings is 3. The van der Waals surface area contributed by atoms with Crippen LogP contribution < -0.4 is 33.9 Å². The summed E-state index contributed by atoms with van der Waals surface area (Å²) in [6.45, 7) is 0.298. The Balaban J connectivity index is 1.75. The van der Waals surface area contributed by atoms with E-state index >= 15 is 0 Å². The van der Waals surface area contributed by atoms with E-state index < -0.39 is 12.0 Å². The van der Waals surface area contributed by atoms with E-state index in [2.05, 4.69) is 5.32 Å². The van der Waals surface area contributed by atoms with Gasteiger partial charge in [0.15, 0.2) is 11.5 Å². The van der Waals surface area contributed by atoms with Crippen LogP contribution >= 0.6 is 0 Å². The summed E-state index contributed by atoms with van der Waals surface area (Å²) in [6, 6.07) is 17.8. The Kier molecular flexibility index (Phi) is 8.81. The molecule has 3 aromatic rings. The van der Waals surface area contributed by atoms with E-state index in [0.29, 0.717) is 47.4 Å². The highest BCUT2D eigenvalue weighted by atomic mass is 16.5. The second-order valence-electron chi connectivity index (χ2n) is 9.04. The van der Waals surface area contributed by atoms with Crippen molar-refractivity contribution < 1.29 is 33.3 Å². The monoisotopic (exact) mass is 534 g/mol. The number of amides is 2. The number of piperidine rings is 1. The fraction of sp³-hybridized carbons (Fsp3) is 0.333. The number of ether oxygens (including phenoxy) is 5. The lowest BCUT2D eigenvalue weighted by Gasteiger charge is -2.41. The van der Waals surface area contributed by atoms with Gasteiger partial charge >= 0.3 is 0 Å². The molecule has 1 saturated heterocycles. The molecule has 2 amide bonds. The van der Waals surface area contributed by atoms with Crippen molar-refractivity contribution in [2.45, 2.75) is 25.4 Å². The number of rotatable bonds is 10. The van der Waals surface area contributed by atoms with Crippen molar-refractivity contribution in [3.8, 4) is 28.7 Å². The van der Waals surface area contributed by atoms with Crippen molar-refractivity contribution in [1.82, 2.24) is 5.32 Å². The van der Waals surface area contributed by atoms with Crippen LogP contribution in [0.5, 0.6) is 28.7 Å². The first-order valence-electron chi connectivity index (χ1n) is 12.6. The summed E-state index contributed by atoms with van der Waals surface area (Å²) in [5.41, 5.74) is 2.20. The first-order chi connectivity index (χ1) is 18.9. The Labute approximate surface area is 228 Å². The van der Waals surface area contributed by atoms with Gasteiger partial charge in [0.25, 0.3) is 0 Å². The standard InChI is InChI=1S/C30H34N2O7/c1-35-22-12-10-19(11-13-22)28-23(30(34)31-18-20-8-6-7-9-24(20)36-2)14-15-27(33)32(28)21-16-25(37-3)29(39-5)26(17-21)38-4/h6-13,16-17,23,28H,14-15,18H2,1-5H3,(H,31,34)/t23-,28-/m1/s1. The van der Waals surface area contributed by atoms with Crippen LogP contribution in [-0.2, 0) is 16.1 Å². The van der Waals surface area contributed by atoms with E-state index in [9.17, 15) is 9.59 Å². The minimum absolute atomic E-state index is 0.112. The Bertz CT molecular complexity index is 1280. The lowest BCUT2D eigenvalue weighted by atomic mass is 9.83. The molecule has 1 fully saturated rings. The fourth-order valence-electron chi connectivity index (χ4n) is 5.02. The first-order valence-corrected chi connectivity index (χ1v) is 12.6. The Morgan fingerprint density at radius 1 is 0.846 bits per heavy atom. The van der Waals surface area contributed by atoms with Crippen molar-refractivity contribution in [3.05, 3.63) is 71.8 Å². The van der Waals surface area contributed by atoms with E-state index in [4.69, 9.17) is 23.7 Å². The Morgan fingerprint density at radius 3 is 2.08 bits per heavy atom. The van der Waals surface area contributed by atoms with Crippen LogP contribution in [0.2, 0.25) is 0 Å². The predicted molar refractivity (Wildman–Crippen MR) is 147 cm³/mol. The van der Waals surface area contributed by atoms with Crippen LogP contribution in [0, 0.1) is 5.92 Å². The summed E-state index contributed by atoms with van der Waals surface area (Å²) in [5, 5.41) is 3.06. The van der Waals surface area contributed by atoms with E-state index in [1.807, 2.05) is 48.5 Å². The van der Waals surface area contributed by atoms with Gasteiger partial charge in [-0.1, -0.05) is 30.3 Å². The molecule has 1 N–H and O–H groups in total. The predicted octanol–water partition coefficient (Wildman–Crippen LogP) is 4.53. The number of hydrogen-bond donors (Lipinski definition) is 1. The van der Waals surface area contributed by atoms with Crippen LogP contribution in [0.3, 0.4) is 0 Å². The molecule has 0 spiro atoms. The average Bonchev–Trinajstić information content (AvgIpc) is 2.98. The fourth-order valence-corrected chi connectivity index (χ4v) is 5.02. The SMILES string of the molecule is COc1ccc([C@@H]2[C@H](C(=O)NCc3ccccc3OC)CCC(=O)N2c2cc(OC)c(OC)c(OC)c2)cc1. The molecular formula is C30H34N2O7. The molecule has 206 valence electrons. The van der Waals surface area contributed by atoms with Crippen LogP contribution in [-0.4, -0.2) is 47.4 Å². The molecule has 0 saturated carbocycles. The third kappa shape index (κ3) is 5.72. The molecule has 39 heavy (non-hydrogen) atoms. The molecule has 0 aliphatic carbocycles. The molecule has 1 aliphatic heterocycles. The molecule has 3 aromatic carbocycles. The molecule has 4 rings (SSSR count). The topological polar surface area (TPSA) is 95.6 Å². The van der Waals surface area contributed by atoms with Crippen molar-refractivity contribution in [2.24, 2.45) is 5.92 Å².